The predicted octanol–water partition coefficient (Wildman–Crippen LogP) is 5.20. The third-order valence-corrected chi connectivity index (χ3v) is 3.59. The van der Waals surface area contributed by atoms with Crippen LogP contribution in [-0.2, 0) is 0 Å². The van der Waals surface area contributed by atoms with Gasteiger partial charge in [0.1, 0.15) is 0 Å². The van der Waals surface area contributed by atoms with E-state index in [4.69, 9.17) is 0 Å². The topological polar surface area (TPSA) is 6.48 Å². The van der Waals surface area contributed by atoms with Gasteiger partial charge in [0.25, 0.3) is 0 Å². The second-order valence-corrected chi connectivity index (χ2v) is 7.03. The van der Waals surface area contributed by atoms with Gasteiger partial charge in [-0.2, -0.15) is 0 Å². The molecule has 0 N–H and O–H groups in total. The van der Waals surface area contributed by atoms with Gasteiger partial charge in [-0.05, 0) is 24.7 Å². The first-order valence-electron chi connectivity index (χ1n) is 9.01. The van der Waals surface area contributed by atoms with Crippen molar-refractivity contribution in [2.45, 2.75) is 80.1 Å². The van der Waals surface area contributed by atoms with Crippen LogP contribution in [0.15, 0.2) is 0 Å². The van der Waals surface area contributed by atoms with Gasteiger partial charge >= 0.3 is 0 Å². The van der Waals surface area contributed by atoms with E-state index in [9.17, 15) is 0 Å². The van der Waals surface area contributed by atoms with Crippen molar-refractivity contribution >= 4 is 0 Å². The molecule has 0 bridgehead atoms. The summed E-state index contributed by atoms with van der Waals surface area (Å²) in [6.45, 7) is 18.8. The fraction of sp³-hybridized carbons (Fsp3) is 1.00. The van der Waals surface area contributed by atoms with Crippen molar-refractivity contribution in [2.24, 2.45) is 11.8 Å². The second-order valence-electron chi connectivity index (χ2n) is 7.03. The molecule has 0 aromatic carbocycles. The number of hydrogen-bond acceptors (Lipinski definition) is 2. The maximum Gasteiger partial charge on any atom is 0.0156 e. The highest BCUT2D eigenvalue weighted by atomic mass is 15.6. The van der Waals surface area contributed by atoms with E-state index in [1.54, 1.807) is 0 Å². The van der Waals surface area contributed by atoms with Crippen LogP contribution in [0.4, 0.5) is 0 Å². The van der Waals surface area contributed by atoms with Gasteiger partial charge in [0.2, 0.25) is 0 Å². The standard InChI is InChI=1S/C18H40N2/c1-7-9-11-13-19(14-12-10-8-2)20(15-17(3)4)16-18(5)6/h17-18H,7-16H2,1-6H3. The zero-order valence-electron chi connectivity index (χ0n) is 15.1. The Kier molecular flexibility index (Phi) is 12.6. The molecule has 0 aliphatic carbocycles. The molecule has 0 saturated heterocycles. The predicted molar refractivity (Wildman–Crippen MR) is 91.9 cm³/mol. The van der Waals surface area contributed by atoms with Gasteiger partial charge in [-0.15, -0.1) is 0 Å². The number of hydrazine groups is 1. The Morgan fingerprint density at radius 3 is 1.30 bits per heavy atom. The SMILES string of the molecule is CCCCCN(CCCCC)N(CC(C)C)CC(C)C. The maximum absolute atomic E-state index is 2.66. The molecule has 2 heteroatoms. The molecule has 0 fully saturated rings. The van der Waals surface area contributed by atoms with Crippen LogP contribution in [-0.4, -0.2) is 36.2 Å². The van der Waals surface area contributed by atoms with Gasteiger partial charge in [0.05, 0.1) is 0 Å². The minimum atomic E-state index is 0.744. The van der Waals surface area contributed by atoms with Gasteiger partial charge in [-0.1, -0.05) is 67.2 Å². The summed E-state index contributed by atoms with van der Waals surface area (Å²) < 4.78 is 0. The fourth-order valence-corrected chi connectivity index (χ4v) is 2.63. The lowest BCUT2D eigenvalue weighted by molar-refractivity contribution is -0.0447. The second kappa shape index (κ2) is 12.6. The summed E-state index contributed by atoms with van der Waals surface area (Å²) in [5, 5.41) is 5.30. The molecule has 0 aromatic heterocycles. The van der Waals surface area contributed by atoms with Crippen LogP contribution in [0.3, 0.4) is 0 Å². The molecule has 0 aliphatic heterocycles. The first-order chi connectivity index (χ1) is 9.51. The van der Waals surface area contributed by atoms with E-state index in [-0.39, 0.29) is 0 Å². The number of hydrogen-bond donors (Lipinski definition) is 0. The van der Waals surface area contributed by atoms with Crippen molar-refractivity contribution in [3.8, 4) is 0 Å². The molecule has 0 aliphatic rings. The van der Waals surface area contributed by atoms with Crippen LogP contribution in [0.1, 0.15) is 80.1 Å². The number of nitrogens with zero attached hydrogens (tertiary/aromatic N) is 2. The van der Waals surface area contributed by atoms with Crippen LogP contribution < -0.4 is 0 Å². The highest BCUT2D eigenvalue weighted by molar-refractivity contribution is 4.64. The van der Waals surface area contributed by atoms with Crippen molar-refractivity contribution in [3.63, 3.8) is 0 Å². The Labute approximate surface area is 128 Å². The van der Waals surface area contributed by atoms with E-state index >= 15 is 0 Å². The molecule has 0 amide bonds. The van der Waals surface area contributed by atoms with Crippen molar-refractivity contribution in [2.75, 3.05) is 26.2 Å². The third-order valence-electron chi connectivity index (χ3n) is 3.59. The first-order valence-corrected chi connectivity index (χ1v) is 9.01. The van der Waals surface area contributed by atoms with E-state index in [0.717, 1.165) is 11.8 Å². The lowest BCUT2D eigenvalue weighted by Gasteiger charge is -2.37. The minimum absolute atomic E-state index is 0.744. The maximum atomic E-state index is 2.66. The average Bonchev–Trinajstić information content (AvgIpc) is 2.35. The van der Waals surface area contributed by atoms with Crippen molar-refractivity contribution in [1.29, 1.82) is 0 Å². The van der Waals surface area contributed by atoms with Crippen molar-refractivity contribution < 1.29 is 0 Å². The summed E-state index contributed by atoms with van der Waals surface area (Å²) in [6.07, 6.45) is 8.04. The summed E-state index contributed by atoms with van der Waals surface area (Å²) in [7, 11) is 0. The smallest absolute Gasteiger partial charge is 0.0156 e. The zero-order chi connectivity index (χ0) is 15.4. The van der Waals surface area contributed by atoms with Gasteiger partial charge < -0.3 is 0 Å². The molecule has 0 saturated carbocycles. The Bertz CT molecular complexity index is 182. The van der Waals surface area contributed by atoms with E-state index in [0.29, 0.717) is 0 Å². The minimum Gasteiger partial charge on any atom is -0.242 e. The summed E-state index contributed by atoms with van der Waals surface area (Å²) in [5.74, 6) is 1.49. The highest BCUT2D eigenvalue weighted by Gasteiger charge is 2.17. The monoisotopic (exact) mass is 284 g/mol. The van der Waals surface area contributed by atoms with E-state index in [2.05, 4.69) is 51.6 Å². The zero-order valence-corrected chi connectivity index (χ0v) is 15.1. The number of unbranched alkanes of at least 4 members (excludes halogenated alkanes) is 4. The Hall–Kier alpha value is -0.0800. The molecule has 2 nitrogen and oxygen atoms in total. The van der Waals surface area contributed by atoms with Crippen LogP contribution in [0.5, 0.6) is 0 Å². The van der Waals surface area contributed by atoms with Crippen molar-refractivity contribution in [1.82, 2.24) is 10.0 Å². The molecular weight excluding hydrogens is 244 g/mol. The normalized spacial score (nSPS) is 12.3. The fourth-order valence-electron chi connectivity index (χ4n) is 2.63. The summed E-state index contributed by atoms with van der Waals surface area (Å²) in [6, 6.07) is 0. The largest absolute Gasteiger partial charge is 0.242 e. The van der Waals surface area contributed by atoms with Crippen LogP contribution in [0, 0.1) is 11.8 Å². The van der Waals surface area contributed by atoms with E-state index < -0.39 is 0 Å². The molecule has 0 radical (unpaired) electrons. The van der Waals surface area contributed by atoms with E-state index in [1.807, 2.05) is 0 Å². The average molecular weight is 285 g/mol. The summed E-state index contributed by atoms with van der Waals surface area (Å²) in [5.41, 5.74) is 0. The summed E-state index contributed by atoms with van der Waals surface area (Å²) in [4.78, 5) is 0. The molecule has 0 aromatic rings. The van der Waals surface area contributed by atoms with Crippen LogP contribution >= 0.6 is 0 Å². The van der Waals surface area contributed by atoms with Crippen LogP contribution in [0.2, 0.25) is 0 Å². The Balaban J connectivity index is 4.50. The Morgan fingerprint density at radius 1 is 0.600 bits per heavy atom. The molecular formula is C18H40N2. The van der Waals surface area contributed by atoms with Gasteiger partial charge in [0, 0.05) is 26.2 Å². The van der Waals surface area contributed by atoms with Crippen LogP contribution in [0.25, 0.3) is 0 Å². The molecule has 0 atom stereocenters. The summed E-state index contributed by atoms with van der Waals surface area (Å²) >= 11 is 0. The lowest BCUT2D eigenvalue weighted by atomic mass is 10.1. The quantitative estimate of drug-likeness (QED) is 0.339. The molecule has 0 spiro atoms. The van der Waals surface area contributed by atoms with Crippen molar-refractivity contribution in [3.05, 3.63) is 0 Å². The van der Waals surface area contributed by atoms with Gasteiger partial charge in [0.15, 0.2) is 0 Å². The first kappa shape index (κ1) is 19.9. The Morgan fingerprint density at radius 2 is 1.00 bits per heavy atom. The van der Waals surface area contributed by atoms with E-state index in [1.165, 1.54) is 64.7 Å². The highest BCUT2D eigenvalue weighted by Crippen LogP contribution is 2.11. The molecule has 122 valence electrons. The molecule has 0 heterocycles. The molecule has 20 heavy (non-hydrogen) atoms. The molecule has 0 unspecified atom stereocenters. The third kappa shape index (κ3) is 10.7. The van der Waals surface area contributed by atoms with Gasteiger partial charge in [-0.25, -0.2) is 10.0 Å². The number of rotatable bonds is 13. The van der Waals surface area contributed by atoms with Gasteiger partial charge in [-0.3, -0.25) is 0 Å². The lowest BCUT2D eigenvalue weighted by Crippen LogP contribution is -2.47. The molecule has 0 rings (SSSR count).